The molecule has 0 aromatic rings. The lowest BCUT2D eigenvalue weighted by Crippen LogP contribution is -2.26. The molecule has 0 fully saturated rings. The molecule has 0 spiro atoms. The Morgan fingerprint density at radius 2 is 1.64 bits per heavy atom. The van der Waals surface area contributed by atoms with Gasteiger partial charge in [0.05, 0.1) is 0 Å². The van der Waals surface area contributed by atoms with Crippen LogP contribution in [0.25, 0.3) is 0 Å². The molecule has 0 aromatic heterocycles. The lowest BCUT2D eigenvalue weighted by molar-refractivity contribution is 0.224. The maximum Gasteiger partial charge on any atom is 0.00625 e. The first kappa shape index (κ1) is 13.5. The van der Waals surface area contributed by atoms with Gasteiger partial charge in [0.15, 0.2) is 0 Å². The van der Waals surface area contributed by atoms with Gasteiger partial charge in [0.1, 0.15) is 0 Å². The zero-order valence-corrected chi connectivity index (χ0v) is 10.7. The average molecular weight is 197 g/mol. The summed E-state index contributed by atoms with van der Waals surface area (Å²) in [5.74, 6) is 2.83. The van der Waals surface area contributed by atoms with Crippen LogP contribution in [0.15, 0.2) is 12.3 Å². The average Bonchev–Trinajstić information content (AvgIpc) is 2.23. The van der Waals surface area contributed by atoms with Crippen molar-refractivity contribution in [1.29, 1.82) is 0 Å². The zero-order valence-electron chi connectivity index (χ0n) is 10.7. The van der Waals surface area contributed by atoms with E-state index in [1.807, 2.05) is 7.05 Å². The van der Waals surface area contributed by atoms with Crippen LogP contribution in [0, 0.1) is 23.7 Å². The largest absolute Gasteiger partial charge is 0.392 e. The zero-order chi connectivity index (χ0) is 11.3. The fourth-order valence-electron chi connectivity index (χ4n) is 1.89. The quantitative estimate of drug-likeness (QED) is 0.685. The lowest BCUT2D eigenvalue weighted by Gasteiger charge is -2.31. The maximum atomic E-state index is 4.05. The van der Waals surface area contributed by atoms with Crippen molar-refractivity contribution >= 4 is 0 Å². The summed E-state index contributed by atoms with van der Waals surface area (Å²) in [7, 11) is 1.96. The Morgan fingerprint density at radius 3 is 2.00 bits per heavy atom. The summed E-state index contributed by atoms with van der Waals surface area (Å²) in [6.07, 6.45) is 1.27. The predicted octanol–water partition coefficient (Wildman–Crippen LogP) is 3.67. The van der Waals surface area contributed by atoms with Crippen LogP contribution < -0.4 is 5.32 Å². The minimum absolute atomic E-state index is 0.559. The Labute approximate surface area is 90.0 Å². The number of hydrogen-bond acceptors (Lipinski definition) is 1. The molecule has 0 rings (SSSR count). The van der Waals surface area contributed by atoms with Gasteiger partial charge >= 0.3 is 0 Å². The second-order valence-corrected chi connectivity index (χ2v) is 4.67. The van der Waals surface area contributed by atoms with Crippen molar-refractivity contribution in [2.75, 3.05) is 7.05 Å². The third kappa shape index (κ3) is 3.36. The smallest absolute Gasteiger partial charge is 0.00625 e. The summed E-state index contributed by atoms with van der Waals surface area (Å²) in [4.78, 5) is 0. The number of allylic oxidation sites excluding steroid dienone is 1. The Bertz CT molecular complexity index is 174. The van der Waals surface area contributed by atoms with Gasteiger partial charge in [-0.2, -0.15) is 0 Å². The summed E-state index contributed by atoms with van der Waals surface area (Å²) in [6.45, 7) is 15.6. The molecular weight excluding hydrogens is 170 g/mol. The molecule has 4 atom stereocenters. The first-order valence-electron chi connectivity index (χ1n) is 5.82. The Balaban J connectivity index is 4.30. The van der Waals surface area contributed by atoms with Gasteiger partial charge in [0.25, 0.3) is 0 Å². The van der Waals surface area contributed by atoms with Gasteiger partial charge in [-0.3, -0.25) is 0 Å². The topological polar surface area (TPSA) is 12.0 Å². The standard InChI is InChI=1S/C13H27N/c1-8-9(2)10(3)11(4)12(5)13(6)14-7/h9-12,14H,6,8H2,1-5,7H3. The molecule has 0 aromatic carbocycles. The van der Waals surface area contributed by atoms with E-state index in [1.54, 1.807) is 0 Å². The minimum Gasteiger partial charge on any atom is -0.392 e. The van der Waals surface area contributed by atoms with Crippen molar-refractivity contribution in [3.63, 3.8) is 0 Å². The van der Waals surface area contributed by atoms with E-state index in [1.165, 1.54) is 6.42 Å². The highest BCUT2D eigenvalue weighted by Gasteiger charge is 2.23. The molecule has 0 amide bonds. The summed E-state index contributed by atoms with van der Waals surface area (Å²) in [5.41, 5.74) is 1.16. The fourth-order valence-corrected chi connectivity index (χ4v) is 1.89. The molecule has 0 aliphatic carbocycles. The first-order chi connectivity index (χ1) is 6.45. The predicted molar refractivity (Wildman–Crippen MR) is 65.1 cm³/mol. The highest BCUT2D eigenvalue weighted by atomic mass is 14.8. The third-order valence-electron chi connectivity index (χ3n) is 4.03. The van der Waals surface area contributed by atoms with E-state index in [9.17, 15) is 0 Å². The van der Waals surface area contributed by atoms with Crippen LogP contribution in [0.5, 0.6) is 0 Å². The van der Waals surface area contributed by atoms with Crippen LogP contribution in [-0.2, 0) is 0 Å². The van der Waals surface area contributed by atoms with Crippen molar-refractivity contribution in [2.24, 2.45) is 23.7 Å². The monoisotopic (exact) mass is 197 g/mol. The number of rotatable bonds is 6. The van der Waals surface area contributed by atoms with Crippen molar-refractivity contribution in [3.8, 4) is 0 Å². The Hall–Kier alpha value is -0.460. The van der Waals surface area contributed by atoms with Crippen LogP contribution >= 0.6 is 0 Å². The molecule has 1 N–H and O–H groups in total. The summed E-state index contributed by atoms with van der Waals surface area (Å²) in [5, 5.41) is 3.16. The SMILES string of the molecule is C=C(NC)C(C)C(C)C(C)C(C)CC. The summed E-state index contributed by atoms with van der Waals surface area (Å²) >= 11 is 0. The second-order valence-electron chi connectivity index (χ2n) is 4.67. The van der Waals surface area contributed by atoms with E-state index in [0.717, 1.165) is 17.5 Å². The van der Waals surface area contributed by atoms with Gasteiger partial charge in [-0.15, -0.1) is 0 Å². The molecule has 0 aliphatic heterocycles. The maximum absolute atomic E-state index is 4.05. The summed E-state index contributed by atoms with van der Waals surface area (Å²) in [6, 6.07) is 0. The van der Waals surface area contributed by atoms with Crippen molar-refractivity contribution < 1.29 is 0 Å². The van der Waals surface area contributed by atoms with Crippen molar-refractivity contribution in [3.05, 3.63) is 12.3 Å². The van der Waals surface area contributed by atoms with Gasteiger partial charge in [0.2, 0.25) is 0 Å². The Morgan fingerprint density at radius 1 is 1.14 bits per heavy atom. The molecule has 4 unspecified atom stereocenters. The molecule has 14 heavy (non-hydrogen) atoms. The molecule has 0 bridgehead atoms. The van der Waals surface area contributed by atoms with Crippen molar-refractivity contribution in [2.45, 2.75) is 41.0 Å². The molecule has 1 heteroatoms. The molecule has 0 heterocycles. The highest BCUT2D eigenvalue weighted by Crippen LogP contribution is 2.30. The highest BCUT2D eigenvalue weighted by molar-refractivity contribution is 4.98. The third-order valence-corrected chi connectivity index (χ3v) is 4.03. The molecule has 0 aliphatic rings. The summed E-state index contributed by atoms with van der Waals surface area (Å²) < 4.78 is 0. The van der Waals surface area contributed by atoms with Crippen molar-refractivity contribution in [1.82, 2.24) is 5.32 Å². The molecular formula is C13H27N. The normalized spacial score (nSPS) is 19.6. The molecule has 1 nitrogen and oxygen atoms in total. The first-order valence-corrected chi connectivity index (χ1v) is 5.82. The molecule has 0 saturated heterocycles. The lowest BCUT2D eigenvalue weighted by atomic mass is 9.76. The van der Waals surface area contributed by atoms with E-state index >= 15 is 0 Å². The van der Waals surface area contributed by atoms with Gasteiger partial charge < -0.3 is 5.32 Å². The van der Waals surface area contributed by atoms with E-state index in [-0.39, 0.29) is 0 Å². The molecule has 84 valence electrons. The van der Waals surface area contributed by atoms with E-state index in [4.69, 9.17) is 0 Å². The van der Waals surface area contributed by atoms with Crippen LogP contribution in [0.4, 0.5) is 0 Å². The van der Waals surface area contributed by atoms with Crippen LogP contribution in [0.2, 0.25) is 0 Å². The van der Waals surface area contributed by atoms with E-state index in [0.29, 0.717) is 11.8 Å². The van der Waals surface area contributed by atoms with Gasteiger partial charge in [-0.1, -0.05) is 47.6 Å². The van der Waals surface area contributed by atoms with Crippen LogP contribution in [-0.4, -0.2) is 7.05 Å². The van der Waals surface area contributed by atoms with Crippen LogP contribution in [0.1, 0.15) is 41.0 Å². The number of hydrogen-bond donors (Lipinski definition) is 1. The second kappa shape index (κ2) is 6.10. The van der Waals surface area contributed by atoms with Gasteiger partial charge in [-0.25, -0.2) is 0 Å². The van der Waals surface area contributed by atoms with Gasteiger partial charge in [-0.05, 0) is 23.7 Å². The van der Waals surface area contributed by atoms with Gasteiger partial charge in [0, 0.05) is 12.7 Å². The van der Waals surface area contributed by atoms with E-state index in [2.05, 4.69) is 46.5 Å². The minimum atomic E-state index is 0.559. The van der Waals surface area contributed by atoms with Crippen LogP contribution in [0.3, 0.4) is 0 Å². The molecule has 0 radical (unpaired) electrons. The van der Waals surface area contributed by atoms with E-state index < -0.39 is 0 Å². The molecule has 0 saturated carbocycles. The fraction of sp³-hybridized carbons (Fsp3) is 0.846. The number of nitrogens with one attached hydrogen (secondary N) is 1. The Kier molecular flexibility index (Phi) is 5.90.